The van der Waals surface area contributed by atoms with Crippen molar-refractivity contribution in [2.75, 3.05) is 13.2 Å². The van der Waals surface area contributed by atoms with Crippen LogP contribution in [-0.4, -0.2) is 23.4 Å². The van der Waals surface area contributed by atoms with Gasteiger partial charge in [-0.1, -0.05) is 51.0 Å². The molecule has 0 saturated heterocycles. The van der Waals surface area contributed by atoms with E-state index in [2.05, 4.69) is 67.5 Å². The predicted octanol–water partition coefficient (Wildman–Crippen LogP) is 4.43. The quantitative estimate of drug-likeness (QED) is 0.754. The summed E-state index contributed by atoms with van der Waals surface area (Å²) < 4.78 is 0. The highest BCUT2D eigenvalue weighted by molar-refractivity contribution is 5.17. The van der Waals surface area contributed by atoms with E-state index in [0.29, 0.717) is 47.7 Å². The molecule has 4 unspecified atom stereocenters. The Balaban J connectivity index is 0.000000220. The molecule has 0 spiro atoms. The Hall–Kier alpha value is -0.600. The zero-order valence-electron chi connectivity index (χ0n) is 15.8. The van der Waals surface area contributed by atoms with E-state index in [-0.39, 0.29) is 0 Å². The maximum absolute atomic E-state index is 9.00. The third-order valence-electron chi connectivity index (χ3n) is 5.70. The molecule has 2 heteroatoms. The van der Waals surface area contributed by atoms with Crippen molar-refractivity contribution >= 4 is 0 Å². The molecule has 2 aliphatic rings. The standard InChI is InChI=1S/2C10H18O/c2*1-7(2)5-8-9(6-11)10(8,3)4/h2*5,8-9,11H,6H2,1-4H3. The van der Waals surface area contributed by atoms with Crippen LogP contribution in [0.15, 0.2) is 23.3 Å². The molecule has 0 amide bonds. The van der Waals surface area contributed by atoms with E-state index in [1.807, 2.05) is 0 Å². The second-order valence-corrected chi connectivity index (χ2v) is 8.76. The summed E-state index contributed by atoms with van der Waals surface area (Å²) in [5, 5.41) is 18.0. The first kappa shape index (κ1) is 19.4. The van der Waals surface area contributed by atoms with Gasteiger partial charge in [0, 0.05) is 13.2 Å². The van der Waals surface area contributed by atoms with Gasteiger partial charge in [-0.3, -0.25) is 0 Å². The Kier molecular flexibility index (Phi) is 6.08. The number of hydrogen-bond acceptors (Lipinski definition) is 2. The van der Waals surface area contributed by atoms with Crippen molar-refractivity contribution in [2.24, 2.45) is 34.5 Å². The summed E-state index contributed by atoms with van der Waals surface area (Å²) in [5.74, 6) is 2.21. The van der Waals surface area contributed by atoms with Crippen LogP contribution < -0.4 is 0 Å². The molecule has 2 fully saturated rings. The molecule has 2 N–H and O–H groups in total. The van der Waals surface area contributed by atoms with Crippen molar-refractivity contribution in [3.63, 3.8) is 0 Å². The predicted molar refractivity (Wildman–Crippen MR) is 94.6 cm³/mol. The van der Waals surface area contributed by atoms with Crippen LogP contribution in [0, 0.1) is 34.5 Å². The molecular formula is C20H36O2. The minimum absolute atomic E-state index is 0.335. The van der Waals surface area contributed by atoms with Gasteiger partial charge < -0.3 is 10.2 Å². The van der Waals surface area contributed by atoms with E-state index in [9.17, 15) is 0 Å². The van der Waals surface area contributed by atoms with Gasteiger partial charge in [0.1, 0.15) is 0 Å². The molecule has 0 aromatic rings. The third-order valence-corrected chi connectivity index (χ3v) is 5.70. The lowest BCUT2D eigenvalue weighted by Crippen LogP contribution is -1.93. The van der Waals surface area contributed by atoms with Gasteiger partial charge in [0.15, 0.2) is 0 Å². The van der Waals surface area contributed by atoms with E-state index in [1.54, 1.807) is 0 Å². The maximum atomic E-state index is 9.00. The van der Waals surface area contributed by atoms with Crippen LogP contribution in [0.25, 0.3) is 0 Å². The van der Waals surface area contributed by atoms with Gasteiger partial charge in [-0.15, -0.1) is 0 Å². The molecule has 0 bridgehead atoms. The Morgan fingerprint density at radius 3 is 1.14 bits per heavy atom. The van der Waals surface area contributed by atoms with Crippen LogP contribution in [0.5, 0.6) is 0 Å². The van der Waals surface area contributed by atoms with Gasteiger partial charge >= 0.3 is 0 Å². The minimum Gasteiger partial charge on any atom is -0.396 e. The second kappa shape index (κ2) is 6.88. The monoisotopic (exact) mass is 308 g/mol. The molecule has 0 radical (unpaired) electrons. The fourth-order valence-corrected chi connectivity index (χ4v) is 3.65. The van der Waals surface area contributed by atoms with E-state index in [0.717, 1.165) is 0 Å². The minimum atomic E-state index is 0.335. The van der Waals surface area contributed by atoms with Crippen molar-refractivity contribution in [2.45, 2.75) is 55.4 Å². The molecular weight excluding hydrogens is 272 g/mol. The number of aliphatic hydroxyl groups is 2. The Bertz CT molecular complexity index is 393. The molecule has 0 aliphatic heterocycles. The Morgan fingerprint density at radius 1 is 0.727 bits per heavy atom. The summed E-state index contributed by atoms with van der Waals surface area (Å²) in [6.45, 7) is 18.0. The first-order valence-electron chi connectivity index (χ1n) is 8.51. The topological polar surface area (TPSA) is 40.5 Å². The Labute approximate surface area is 137 Å². The highest BCUT2D eigenvalue weighted by Gasteiger charge is 2.56. The fourth-order valence-electron chi connectivity index (χ4n) is 3.65. The summed E-state index contributed by atoms with van der Waals surface area (Å²) >= 11 is 0. The molecule has 0 aromatic heterocycles. The first-order chi connectivity index (χ1) is 9.99. The lowest BCUT2D eigenvalue weighted by atomic mass is 10.1. The highest BCUT2D eigenvalue weighted by Crippen LogP contribution is 2.59. The smallest absolute Gasteiger partial charge is 0.0470 e. The van der Waals surface area contributed by atoms with Gasteiger partial charge in [-0.25, -0.2) is 0 Å². The van der Waals surface area contributed by atoms with Crippen LogP contribution >= 0.6 is 0 Å². The molecule has 4 atom stereocenters. The zero-order chi connectivity index (χ0) is 17.3. The zero-order valence-corrected chi connectivity index (χ0v) is 15.8. The van der Waals surface area contributed by atoms with E-state index in [4.69, 9.17) is 10.2 Å². The number of rotatable bonds is 4. The van der Waals surface area contributed by atoms with Crippen LogP contribution in [0.1, 0.15) is 55.4 Å². The highest BCUT2D eigenvalue weighted by atomic mass is 16.3. The van der Waals surface area contributed by atoms with Crippen molar-refractivity contribution < 1.29 is 10.2 Å². The van der Waals surface area contributed by atoms with E-state index < -0.39 is 0 Å². The molecule has 128 valence electrons. The summed E-state index contributed by atoms with van der Waals surface area (Å²) in [6, 6.07) is 0. The summed E-state index contributed by atoms with van der Waals surface area (Å²) in [4.78, 5) is 0. The van der Waals surface area contributed by atoms with Gasteiger partial charge in [0.2, 0.25) is 0 Å². The number of allylic oxidation sites excluding steroid dienone is 4. The van der Waals surface area contributed by atoms with Crippen LogP contribution in [-0.2, 0) is 0 Å². The van der Waals surface area contributed by atoms with Crippen molar-refractivity contribution in [1.29, 1.82) is 0 Å². The fraction of sp³-hybridized carbons (Fsp3) is 0.800. The lowest BCUT2D eigenvalue weighted by molar-refractivity contribution is 0.256. The Morgan fingerprint density at radius 2 is 1.00 bits per heavy atom. The van der Waals surface area contributed by atoms with E-state index in [1.165, 1.54) is 11.1 Å². The summed E-state index contributed by atoms with van der Waals surface area (Å²) in [7, 11) is 0. The average Bonchev–Trinajstić information content (AvgIpc) is 3.09. The molecule has 22 heavy (non-hydrogen) atoms. The second-order valence-electron chi connectivity index (χ2n) is 8.76. The average molecular weight is 309 g/mol. The summed E-state index contributed by atoms with van der Waals surface area (Å²) in [5.41, 5.74) is 3.40. The third kappa shape index (κ3) is 4.23. The van der Waals surface area contributed by atoms with Crippen LogP contribution in [0.2, 0.25) is 0 Å². The van der Waals surface area contributed by atoms with Gasteiger partial charge in [-0.2, -0.15) is 0 Å². The molecule has 2 saturated carbocycles. The molecule has 2 aliphatic carbocycles. The molecule has 0 aromatic carbocycles. The summed E-state index contributed by atoms with van der Waals surface area (Å²) in [6.07, 6.45) is 4.56. The first-order valence-corrected chi connectivity index (χ1v) is 8.51. The van der Waals surface area contributed by atoms with Gasteiger partial charge in [0.25, 0.3) is 0 Å². The maximum Gasteiger partial charge on any atom is 0.0470 e. The molecule has 0 heterocycles. The van der Waals surface area contributed by atoms with Crippen LogP contribution in [0.4, 0.5) is 0 Å². The van der Waals surface area contributed by atoms with Crippen molar-refractivity contribution in [1.82, 2.24) is 0 Å². The normalized spacial score (nSPS) is 33.2. The van der Waals surface area contributed by atoms with Gasteiger partial charge in [0.05, 0.1) is 0 Å². The SMILES string of the molecule is CC(C)=CC1C(CO)C1(C)C.CC(C)=CC1C(CO)C1(C)C. The molecule has 2 nitrogen and oxygen atoms in total. The van der Waals surface area contributed by atoms with Gasteiger partial charge in [-0.05, 0) is 62.2 Å². The lowest BCUT2D eigenvalue weighted by Gasteiger charge is -1.97. The van der Waals surface area contributed by atoms with E-state index >= 15 is 0 Å². The largest absolute Gasteiger partial charge is 0.396 e. The number of hydrogen-bond donors (Lipinski definition) is 2. The van der Waals surface area contributed by atoms with Crippen molar-refractivity contribution in [3.8, 4) is 0 Å². The van der Waals surface area contributed by atoms with Crippen LogP contribution in [0.3, 0.4) is 0 Å². The molecule has 2 rings (SSSR count). The number of aliphatic hydroxyl groups excluding tert-OH is 2. The van der Waals surface area contributed by atoms with Crippen molar-refractivity contribution in [3.05, 3.63) is 23.3 Å².